The summed E-state index contributed by atoms with van der Waals surface area (Å²) in [5.41, 5.74) is 1.92. The lowest BCUT2D eigenvalue weighted by atomic mass is 10.2. The number of aromatic nitrogens is 1. The van der Waals surface area contributed by atoms with Crippen LogP contribution in [0.2, 0.25) is 0 Å². The molecule has 4 rings (SSSR count). The normalized spacial score (nSPS) is 12.4. The van der Waals surface area contributed by atoms with Crippen molar-refractivity contribution in [3.8, 4) is 0 Å². The summed E-state index contributed by atoms with van der Waals surface area (Å²) in [5, 5.41) is 0.985. The quantitative estimate of drug-likeness (QED) is 0.655. The standard InChI is InChI=1S/C19H14N2OS2/c22-19(13-23-18-11-5-6-12-20-18)21-14-7-1-3-9-16(14)24-17-10-4-2-8-15(17)21/h1-12H,13H2/p+1. The Hall–Kier alpha value is -2.24. The summed E-state index contributed by atoms with van der Waals surface area (Å²) in [6.45, 7) is 0. The van der Waals surface area contributed by atoms with Crippen molar-refractivity contribution in [2.24, 2.45) is 0 Å². The Labute approximate surface area is 149 Å². The van der Waals surface area contributed by atoms with Gasteiger partial charge in [-0.25, -0.2) is 4.98 Å². The van der Waals surface area contributed by atoms with Crippen molar-refractivity contribution in [1.82, 2.24) is 0 Å². The molecule has 2 heterocycles. The Morgan fingerprint density at radius 1 is 0.917 bits per heavy atom. The monoisotopic (exact) mass is 351 g/mol. The van der Waals surface area contributed by atoms with Gasteiger partial charge in [0.1, 0.15) is 0 Å². The number of hydrogen-bond donors (Lipinski definition) is 0. The molecule has 3 nitrogen and oxygen atoms in total. The molecule has 0 saturated heterocycles. The molecule has 0 unspecified atom stereocenters. The highest BCUT2D eigenvalue weighted by molar-refractivity contribution is 8.00. The minimum atomic E-state index is 0.0810. The molecule has 1 aromatic heterocycles. The van der Waals surface area contributed by atoms with E-state index in [0.29, 0.717) is 5.75 Å². The molecule has 2 aromatic carbocycles. The van der Waals surface area contributed by atoms with E-state index >= 15 is 0 Å². The summed E-state index contributed by atoms with van der Waals surface area (Å²) < 4.78 is 0. The van der Waals surface area contributed by atoms with Gasteiger partial charge in [-0.1, -0.05) is 36.0 Å². The number of amides is 1. The highest BCUT2D eigenvalue weighted by atomic mass is 32.2. The molecule has 1 N–H and O–H groups in total. The Bertz CT molecular complexity index is 838. The zero-order valence-corrected chi connectivity index (χ0v) is 14.4. The smallest absolute Gasteiger partial charge is 0.242 e. The van der Waals surface area contributed by atoms with Crippen molar-refractivity contribution in [1.29, 1.82) is 0 Å². The minimum Gasteiger partial charge on any atom is -0.278 e. The molecular formula is C19H15N2OS2+. The minimum absolute atomic E-state index is 0.0810. The van der Waals surface area contributed by atoms with Gasteiger partial charge in [-0.05, 0) is 42.1 Å². The molecule has 0 bridgehead atoms. The van der Waals surface area contributed by atoms with Crippen molar-refractivity contribution >= 4 is 40.8 Å². The van der Waals surface area contributed by atoms with E-state index in [1.54, 1.807) is 11.8 Å². The summed E-state index contributed by atoms with van der Waals surface area (Å²) >= 11 is 3.23. The lowest BCUT2D eigenvalue weighted by molar-refractivity contribution is -0.426. The molecule has 0 spiro atoms. The van der Waals surface area contributed by atoms with Gasteiger partial charge in [-0.15, -0.1) is 0 Å². The van der Waals surface area contributed by atoms with Crippen molar-refractivity contribution < 1.29 is 9.78 Å². The van der Waals surface area contributed by atoms with E-state index in [4.69, 9.17) is 0 Å². The number of aromatic amines is 1. The molecule has 118 valence electrons. The molecule has 0 saturated carbocycles. The van der Waals surface area contributed by atoms with E-state index in [1.807, 2.05) is 65.7 Å². The van der Waals surface area contributed by atoms with Gasteiger partial charge in [0.15, 0.2) is 6.20 Å². The number of nitrogens with zero attached hydrogens (tertiary/aromatic N) is 1. The highest BCUT2D eigenvalue weighted by Gasteiger charge is 2.27. The average molecular weight is 351 g/mol. The van der Waals surface area contributed by atoms with Crippen molar-refractivity contribution in [3.63, 3.8) is 0 Å². The van der Waals surface area contributed by atoms with Gasteiger partial charge in [-0.2, -0.15) is 0 Å². The van der Waals surface area contributed by atoms with Crippen LogP contribution in [0.3, 0.4) is 0 Å². The fourth-order valence-corrected chi connectivity index (χ4v) is 4.44. The third-order valence-electron chi connectivity index (χ3n) is 3.71. The topological polar surface area (TPSA) is 34.5 Å². The summed E-state index contributed by atoms with van der Waals surface area (Å²) in [4.78, 5) is 20.2. The van der Waals surface area contributed by atoms with E-state index in [1.165, 1.54) is 11.8 Å². The molecule has 1 amide bonds. The van der Waals surface area contributed by atoms with Crippen LogP contribution < -0.4 is 9.88 Å². The predicted octanol–water partition coefficient (Wildman–Crippen LogP) is 4.42. The van der Waals surface area contributed by atoms with Crippen LogP contribution in [0.4, 0.5) is 11.4 Å². The van der Waals surface area contributed by atoms with Crippen LogP contribution in [0.1, 0.15) is 0 Å². The van der Waals surface area contributed by atoms with Gasteiger partial charge in [0.25, 0.3) is 0 Å². The van der Waals surface area contributed by atoms with Crippen LogP contribution in [0.5, 0.6) is 0 Å². The Morgan fingerprint density at radius 2 is 1.54 bits per heavy atom. The highest BCUT2D eigenvalue weighted by Crippen LogP contribution is 2.48. The third-order valence-corrected chi connectivity index (χ3v) is 5.80. The summed E-state index contributed by atoms with van der Waals surface area (Å²) in [5.74, 6) is 0.464. The molecule has 0 fully saturated rings. The first-order valence-electron chi connectivity index (χ1n) is 7.61. The molecule has 0 aliphatic carbocycles. The fraction of sp³-hybridized carbons (Fsp3) is 0.0526. The average Bonchev–Trinajstić information content (AvgIpc) is 2.65. The number of benzene rings is 2. The first-order chi connectivity index (χ1) is 11.8. The number of nitrogens with one attached hydrogen (secondary N) is 1. The number of H-pyrrole nitrogens is 1. The van der Waals surface area contributed by atoms with Crippen LogP contribution in [0.25, 0.3) is 0 Å². The number of thioether (sulfide) groups is 1. The number of pyridine rings is 1. The molecule has 0 atom stereocenters. The lowest BCUT2D eigenvalue weighted by Gasteiger charge is -2.30. The van der Waals surface area contributed by atoms with Crippen LogP contribution in [0, 0.1) is 0 Å². The van der Waals surface area contributed by atoms with Gasteiger partial charge >= 0.3 is 0 Å². The SMILES string of the molecule is O=C(CSc1cccc[nH+]1)N1c2ccccc2Sc2ccccc21. The largest absolute Gasteiger partial charge is 0.278 e. The van der Waals surface area contributed by atoms with Crippen molar-refractivity contribution in [2.45, 2.75) is 14.8 Å². The molecule has 1 aliphatic heterocycles. The second-order valence-corrected chi connectivity index (χ2v) is 7.38. The van der Waals surface area contributed by atoms with Crippen molar-refractivity contribution in [2.75, 3.05) is 10.7 Å². The molecule has 5 heteroatoms. The van der Waals surface area contributed by atoms with Crippen LogP contribution in [0.15, 0.2) is 87.7 Å². The van der Waals surface area contributed by atoms with E-state index in [2.05, 4.69) is 17.1 Å². The molecular weight excluding hydrogens is 336 g/mol. The van der Waals surface area contributed by atoms with E-state index in [9.17, 15) is 4.79 Å². The fourth-order valence-electron chi connectivity index (χ4n) is 2.64. The maximum absolute atomic E-state index is 13.0. The molecule has 1 aliphatic rings. The Morgan fingerprint density at radius 3 is 2.17 bits per heavy atom. The third kappa shape index (κ3) is 2.92. The number of rotatable bonds is 3. The zero-order valence-electron chi connectivity index (χ0n) is 12.8. The number of fused-ring (bicyclic) bond motifs is 2. The molecule has 24 heavy (non-hydrogen) atoms. The van der Waals surface area contributed by atoms with Crippen LogP contribution in [-0.4, -0.2) is 11.7 Å². The zero-order chi connectivity index (χ0) is 16.4. The predicted molar refractivity (Wildman–Crippen MR) is 97.9 cm³/mol. The van der Waals surface area contributed by atoms with Gasteiger partial charge in [-0.3, -0.25) is 9.69 Å². The van der Waals surface area contributed by atoms with E-state index in [-0.39, 0.29) is 5.91 Å². The van der Waals surface area contributed by atoms with Crippen molar-refractivity contribution in [3.05, 3.63) is 72.9 Å². The number of carbonyl (C=O) groups excluding carboxylic acids is 1. The lowest BCUT2D eigenvalue weighted by Crippen LogP contribution is -2.30. The summed E-state index contributed by atoms with van der Waals surface area (Å²) in [6.07, 6.45) is 1.87. The van der Waals surface area contributed by atoms with Gasteiger partial charge in [0.05, 0.1) is 17.1 Å². The van der Waals surface area contributed by atoms with E-state index in [0.717, 1.165) is 26.2 Å². The number of hydrogen-bond acceptors (Lipinski definition) is 3. The van der Waals surface area contributed by atoms with Crippen LogP contribution >= 0.6 is 23.5 Å². The Kier molecular flexibility index (Phi) is 4.28. The maximum Gasteiger partial charge on any atom is 0.242 e. The summed E-state index contributed by atoms with van der Waals surface area (Å²) in [7, 11) is 0. The molecule has 3 aromatic rings. The second kappa shape index (κ2) is 6.71. The number of anilines is 2. The molecule has 0 radical (unpaired) electrons. The Balaban J connectivity index is 1.65. The van der Waals surface area contributed by atoms with Gasteiger partial charge < -0.3 is 0 Å². The number of carbonyl (C=O) groups is 1. The second-order valence-electron chi connectivity index (χ2n) is 5.28. The van der Waals surface area contributed by atoms with Gasteiger partial charge in [0.2, 0.25) is 10.9 Å². The van der Waals surface area contributed by atoms with E-state index < -0.39 is 0 Å². The van der Waals surface area contributed by atoms with Crippen LogP contribution in [-0.2, 0) is 4.79 Å². The maximum atomic E-state index is 13.0. The first-order valence-corrected chi connectivity index (χ1v) is 9.41. The number of para-hydroxylation sites is 2. The summed E-state index contributed by atoms with van der Waals surface area (Å²) in [6, 6.07) is 22.0. The first kappa shape index (κ1) is 15.3. The van der Waals surface area contributed by atoms with Gasteiger partial charge in [0, 0.05) is 21.9 Å².